The number of halogens is 2. The molecule has 0 saturated heterocycles. The summed E-state index contributed by atoms with van der Waals surface area (Å²) in [4.78, 5) is 11.2. The lowest BCUT2D eigenvalue weighted by Crippen LogP contribution is -2.16. The van der Waals surface area contributed by atoms with Crippen LogP contribution in [0.4, 0.5) is 4.39 Å². The van der Waals surface area contributed by atoms with Crippen LogP contribution in [0.3, 0.4) is 0 Å². The van der Waals surface area contributed by atoms with Crippen molar-refractivity contribution in [3.05, 3.63) is 39.6 Å². The lowest BCUT2D eigenvalue weighted by atomic mass is 9.93. The summed E-state index contributed by atoms with van der Waals surface area (Å²) >= 11 is 5.99. The van der Waals surface area contributed by atoms with Gasteiger partial charge in [0.1, 0.15) is 17.4 Å². The molecule has 0 amide bonds. The number of azide groups is 1. The maximum atomic E-state index is 13.8. The summed E-state index contributed by atoms with van der Waals surface area (Å²) < 4.78 is 19.3. The molecule has 0 spiro atoms. The number of ether oxygens (including phenoxy) is 1. The van der Waals surface area contributed by atoms with Crippen molar-refractivity contribution in [3.63, 3.8) is 0 Å². The molecule has 6 nitrogen and oxygen atoms in total. The van der Waals surface area contributed by atoms with Crippen molar-refractivity contribution in [3.8, 4) is 5.88 Å². The van der Waals surface area contributed by atoms with Crippen LogP contribution in [-0.4, -0.2) is 22.2 Å². The van der Waals surface area contributed by atoms with E-state index >= 15 is 0 Å². The maximum Gasteiger partial charge on any atom is 0.223 e. The smallest absolute Gasteiger partial charge is 0.223 e. The highest BCUT2D eigenvalue weighted by atomic mass is 35.5. The van der Waals surface area contributed by atoms with Crippen molar-refractivity contribution in [1.29, 1.82) is 0 Å². The van der Waals surface area contributed by atoms with E-state index in [0.717, 1.165) is 5.39 Å². The zero-order chi connectivity index (χ0) is 16.7. The molecule has 23 heavy (non-hydrogen) atoms. The Bertz CT molecular complexity index is 815. The molecule has 2 aromatic heterocycles. The van der Waals surface area contributed by atoms with Gasteiger partial charge in [0.25, 0.3) is 0 Å². The van der Waals surface area contributed by atoms with Crippen LogP contribution in [0.5, 0.6) is 5.88 Å². The lowest BCUT2D eigenvalue weighted by Gasteiger charge is -2.21. The van der Waals surface area contributed by atoms with Gasteiger partial charge < -0.3 is 4.74 Å². The Labute approximate surface area is 137 Å². The Morgan fingerprint density at radius 1 is 1.39 bits per heavy atom. The molecular weight excluding hydrogens is 321 g/mol. The van der Waals surface area contributed by atoms with E-state index in [0.29, 0.717) is 34.8 Å². The summed E-state index contributed by atoms with van der Waals surface area (Å²) in [6.45, 7) is 3.52. The molecule has 0 radical (unpaired) electrons. The van der Waals surface area contributed by atoms with Crippen LogP contribution in [0, 0.1) is 0 Å². The van der Waals surface area contributed by atoms with Gasteiger partial charge in [0.15, 0.2) is 0 Å². The number of alkyl halides is 1. The molecule has 0 aromatic carbocycles. The topological polar surface area (TPSA) is 83.8 Å². The molecule has 0 aliphatic heterocycles. The zero-order valence-corrected chi connectivity index (χ0v) is 13.5. The van der Waals surface area contributed by atoms with Crippen molar-refractivity contribution in [1.82, 2.24) is 9.97 Å². The Kier molecular flexibility index (Phi) is 3.78. The van der Waals surface area contributed by atoms with Gasteiger partial charge in [-0.2, -0.15) is 0 Å². The summed E-state index contributed by atoms with van der Waals surface area (Å²) in [6.07, 6.45) is 4.13. The van der Waals surface area contributed by atoms with Gasteiger partial charge >= 0.3 is 0 Å². The minimum atomic E-state index is -1.24. The second-order valence-corrected chi connectivity index (χ2v) is 6.60. The molecule has 2 heterocycles. The quantitative estimate of drug-likeness (QED) is 0.343. The number of rotatable bonds is 5. The molecule has 1 aliphatic carbocycles. The fourth-order valence-corrected chi connectivity index (χ4v) is 2.49. The van der Waals surface area contributed by atoms with Gasteiger partial charge in [0.2, 0.25) is 5.88 Å². The van der Waals surface area contributed by atoms with E-state index in [9.17, 15) is 4.39 Å². The van der Waals surface area contributed by atoms with Crippen LogP contribution in [-0.2, 0) is 5.54 Å². The van der Waals surface area contributed by atoms with E-state index in [1.807, 2.05) is 0 Å². The SMILES string of the molecule is CC(C)(N=[N+]=[N-])c1cnc(OCC2(F)CC2)c2cnc(Cl)cc12. The molecule has 0 N–H and O–H groups in total. The van der Waals surface area contributed by atoms with E-state index in [2.05, 4.69) is 20.0 Å². The minimum Gasteiger partial charge on any atom is -0.474 e. The first kappa shape index (κ1) is 15.8. The van der Waals surface area contributed by atoms with E-state index in [-0.39, 0.29) is 6.61 Å². The Balaban J connectivity index is 2.09. The summed E-state index contributed by atoms with van der Waals surface area (Å²) in [5.74, 6) is 0.300. The number of nitrogens with zero attached hydrogens (tertiary/aromatic N) is 5. The molecule has 120 valence electrons. The average molecular weight is 336 g/mol. The monoisotopic (exact) mass is 335 g/mol. The molecule has 0 atom stereocenters. The van der Waals surface area contributed by atoms with Gasteiger partial charge in [-0.05, 0) is 35.4 Å². The van der Waals surface area contributed by atoms with Gasteiger partial charge in [0.05, 0.1) is 10.9 Å². The van der Waals surface area contributed by atoms with Crippen LogP contribution in [0.25, 0.3) is 21.2 Å². The normalized spacial score (nSPS) is 16.0. The van der Waals surface area contributed by atoms with Crippen LogP contribution in [0.2, 0.25) is 5.15 Å². The molecule has 1 fully saturated rings. The minimum absolute atomic E-state index is 0.0309. The van der Waals surface area contributed by atoms with Crippen molar-refractivity contribution in [2.45, 2.75) is 37.9 Å². The fourth-order valence-electron chi connectivity index (χ4n) is 2.33. The largest absolute Gasteiger partial charge is 0.474 e. The molecule has 0 unspecified atom stereocenters. The maximum absolute atomic E-state index is 13.8. The van der Waals surface area contributed by atoms with Crippen molar-refractivity contribution in [2.24, 2.45) is 5.11 Å². The molecule has 1 saturated carbocycles. The van der Waals surface area contributed by atoms with E-state index in [1.165, 1.54) is 6.20 Å². The van der Waals surface area contributed by atoms with E-state index in [1.54, 1.807) is 26.1 Å². The van der Waals surface area contributed by atoms with Crippen molar-refractivity contribution < 1.29 is 9.13 Å². The number of hydrogen-bond acceptors (Lipinski definition) is 4. The molecular formula is C15H15ClFN5O. The highest BCUT2D eigenvalue weighted by molar-refractivity contribution is 6.30. The van der Waals surface area contributed by atoms with Gasteiger partial charge in [-0.15, -0.1) is 0 Å². The predicted molar refractivity (Wildman–Crippen MR) is 85.3 cm³/mol. The molecule has 0 bridgehead atoms. The molecule has 1 aliphatic rings. The molecule has 3 rings (SSSR count). The number of pyridine rings is 2. The van der Waals surface area contributed by atoms with Crippen LogP contribution >= 0.6 is 11.6 Å². The van der Waals surface area contributed by atoms with Crippen LogP contribution in [0.1, 0.15) is 32.3 Å². The number of fused-ring (bicyclic) bond motifs is 1. The lowest BCUT2D eigenvalue weighted by molar-refractivity contribution is 0.174. The number of hydrogen-bond donors (Lipinski definition) is 0. The third-order valence-electron chi connectivity index (χ3n) is 3.92. The van der Waals surface area contributed by atoms with E-state index in [4.69, 9.17) is 21.9 Å². The molecule has 2 aromatic rings. The summed E-state index contributed by atoms with van der Waals surface area (Å²) in [6, 6.07) is 1.66. The Hall–Kier alpha value is -2.11. The number of aromatic nitrogens is 2. The van der Waals surface area contributed by atoms with Gasteiger partial charge in [-0.25, -0.2) is 14.4 Å². The molecule has 8 heteroatoms. The van der Waals surface area contributed by atoms with Gasteiger partial charge in [0, 0.05) is 17.3 Å². The highest BCUT2D eigenvalue weighted by Gasteiger charge is 2.44. The first-order valence-corrected chi connectivity index (χ1v) is 7.55. The fraction of sp³-hybridized carbons (Fsp3) is 0.467. The Morgan fingerprint density at radius 2 is 2.13 bits per heavy atom. The third-order valence-corrected chi connectivity index (χ3v) is 4.12. The Morgan fingerprint density at radius 3 is 2.78 bits per heavy atom. The summed E-state index contributed by atoms with van der Waals surface area (Å²) in [5, 5.41) is 5.44. The van der Waals surface area contributed by atoms with Gasteiger partial charge in [-0.3, -0.25) is 0 Å². The zero-order valence-electron chi connectivity index (χ0n) is 12.8. The van der Waals surface area contributed by atoms with Crippen LogP contribution < -0.4 is 4.74 Å². The highest BCUT2D eigenvalue weighted by Crippen LogP contribution is 2.41. The summed E-state index contributed by atoms with van der Waals surface area (Å²) in [7, 11) is 0. The first-order chi connectivity index (χ1) is 10.8. The van der Waals surface area contributed by atoms with Gasteiger partial charge in [-0.1, -0.05) is 30.6 Å². The standard InChI is InChI=1S/C15H15ClFN5O/c1-14(2,21-22-18)11-7-20-13(23-8-15(17)3-4-15)10-6-19-12(16)5-9(10)11/h5-7H,3-4,8H2,1-2H3. The second kappa shape index (κ2) is 5.51. The van der Waals surface area contributed by atoms with Crippen molar-refractivity contribution in [2.75, 3.05) is 6.61 Å². The third kappa shape index (κ3) is 3.16. The average Bonchev–Trinajstić information content (AvgIpc) is 3.22. The first-order valence-electron chi connectivity index (χ1n) is 7.17. The summed E-state index contributed by atoms with van der Waals surface area (Å²) in [5.41, 5.74) is 7.40. The second-order valence-electron chi connectivity index (χ2n) is 6.22. The predicted octanol–water partition coefficient (Wildman–Crippen LogP) is 4.71. The van der Waals surface area contributed by atoms with Crippen molar-refractivity contribution >= 4 is 22.4 Å². The van der Waals surface area contributed by atoms with E-state index < -0.39 is 11.2 Å². The van der Waals surface area contributed by atoms with Crippen LogP contribution in [0.15, 0.2) is 23.6 Å².